The molecular formula is C65H117N11O13. The summed E-state index contributed by atoms with van der Waals surface area (Å²) in [5.41, 5.74) is 0. The Labute approximate surface area is 533 Å². The Morgan fingerprint density at radius 2 is 0.921 bits per heavy atom. The summed E-state index contributed by atoms with van der Waals surface area (Å²) in [4.78, 5) is 171. The van der Waals surface area contributed by atoms with Crippen molar-refractivity contribution in [3.8, 4) is 0 Å². The number of nitrogens with zero attached hydrogens (tertiary/aromatic N) is 7. The van der Waals surface area contributed by atoms with E-state index in [-0.39, 0.29) is 56.5 Å². The highest BCUT2D eigenvalue weighted by Crippen LogP contribution is 2.26. The first-order valence-corrected chi connectivity index (χ1v) is 32.1. The molecular weight excluding hydrogens is 1140 g/mol. The van der Waals surface area contributed by atoms with Crippen LogP contribution < -0.4 is 21.3 Å². The van der Waals surface area contributed by atoms with Gasteiger partial charge in [-0.25, -0.2) is 0 Å². The van der Waals surface area contributed by atoms with Gasteiger partial charge in [0.05, 0.1) is 12.7 Å². The van der Waals surface area contributed by atoms with Crippen molar-refractivity contribution in [3.63, 3.8) is 0 Å². The maximum Gasteiger partial charge on any atom is 0.246 e. The molecule has 14 atom stereocenters. The van der Waals surface area contributed by atoms with E-state index in [1.165, 1.54) is 99.7 Å². The fourth-order valence-electron chi connectivity index (χ4n) is 11.6. The highest BCUT2D eigenvalue weighted by atomic mass is 16.5. The fourth-order valence-corrected chi connectivity index (χ4v) is 11.6. The van der Waals surface area contributed by atoms with Gasteiger partial charge in [0, 0.05) is 62.4 Å². The summed E-state index contributed by atoms with van der Waals surface area (Å²) in [5, 5.41) is 23.3. The van der Waals surface area contributed by atoms with Gasteiger partial charge in [-0.15, -0.1) is 0 Å². The van der Waals surface area contributed by atoms with Crippen LogP contribution >= 0.6 is 0 Å². The quantitative estimate of drug-likeness (QED) is 0.123. The van der Waals surface area contributed by atoms with Crippen molar-refractivity contribution >= 4 is 65.0 Å². The molecule has 0 aromatic heterocycles. The fraction of sp³-hybridized carbons (Fsp3) is 0.800. The zero-order chi connectivity index (χ0) is 69.0. The maximum absolute atomic E-state index is 15.2. The van der Waals surface area contributed by atoms with Crippen LogP contribution in [0.3, 0.4) is 0 Å². The molecule has 0 unspecified atom stereocenters. The van der Waals surface area contributed by atoms with Crippen LogP contribution in [0.1, 0.15) is 163 Å². The highest BCUT2D eigenvalue weighted by molar-refractivity contribution is 6.00. The third-order valence-electron chi connectivity index (χ3n) is 17.3. The largest absolute Gasteiger partial charge is 0.390 e. The number of carbonyl (C=O) groups excluding carboxylic acids is 11. The summed E-state index contributed by atoms with van der Waals surface area (Å²) < 4.78 is 5.49. The van der Waals surface area contributed by atoms with Crippen molar-refractivity contribution in [2.75, 3.05) is 63.1 Å². The maximum atomic E-state index is 15.2. The Morgan fingerprint density at radius 3 is 1.38 bits per heavy atom. The molecule has 0 aliphatic carbocycles. The molecule has 1 saturated heterocycles. The van der Waals surface area contributed by atoms with E-state index in [1.54, 1.807) is 68.4 Å². The summed E-state index contributed by atoms with van der Waals surface area (Å²) >= 11 is 0. The van der Waals surface area contributed by atoms with E-state index >= 15 is 14.4 Å². The van der Waals surface area contributed by atoms with Crippen molar-refractivity contribution in [2.24, 2.45) is 41.4 Å². The third-order valence-corrected chi connectivity index (χ3v) is 17.3. The Balaban J connectivity index is 4.46. The molecule has 1 aliphatic rings. The van der Waals surface area contributed by atoms with Crippen molar-refractivity contribution in [1.29, 1.82) is 0 Å². The molecule has 89 heavy (non-hydrogen) atoms. The van der Waals surface area contributed by atoms with Gasteiger partial charge in [0.25, 0.3) is 0 Å². The minimum atomic E-state index is -1.63. The number of amides is 11. The summed E-state index contributed by atoms with van der Waals surface area (Å²) in [6.07, 6.45) is 3.38. The SMILES string of the molecule is C/C=C/C[C@@H](C)[C@@H](O)[C@H]1C(=O)N[C@@H](CC)C(=O)N(C)[C@H](CC)C(=O)N(C)[C@@H]([C@H](C)COC)C(=O)N[C@@H](C(C)C)C(=O)N(C)[C@@H](CCC(C)C)C(=O)N[C@@H](C)C(=O)N[C@H](C)C(=O)N(C)[C@@H](CC(C)C)C(=O)N(C)[C@@H](CC(C)C)C(=O)N(C)[C@@H](C(C)C)C(=O)N1C. The van der Waals surface area contributed by atoms with Gasteiger partial charge in [-0.05, 0) is 101 Å². The Kier molecular flexibility index (Phi) is 33.8. The third kappa shape index (κ3) is 22.0. The lowest BCUT2D eigenvalue weighted by Crippen LogP contribution is -2.64. The summed E-state index contributed by atoms with van der Waals surface area (Å²) in [7, 11) is 11.4. The van der Waals surface area contributed by atoms with Crippen LogP contribution in [0.15, 0.2) is 12.2 Å². The molecule has 1 aliphatic heterocycles. The van der Waals surface area contributed by atoms with Crippen LogP contribution in [-0.4, -0.2) is 240 Å². The van der Waals surface area contributed by atoms with Crippen LogP contribution in [0.5, 0.6) is 0 Å². The molecule has 1 heterocycles. The smallest absolute Gasteiger partial charge is 0.246 e. The van der Waals surface area contributed by atoms with E-state index in [4.69, 9.17) is 4.74 Å². The lowest BCUT2D eigenvalue weighted by atomic mass is 9.91. The first-order valence-electron chi connectivity index (χ1n) is 32.1. The predicted octanol–water partition coefficient (Wildman–Crippen LogP) is 3.67. The molecule has 24 nitrogen and oxygen atoms in total. The molecule has 1 rings (SSSR count). The van der Waals surface area contributed by atoms with Crippen LogP contribution in [0.2, 0.25) is 0 Å². The second-order valence-corrected chi connectivity index (χ2v) is 26.8. The molecule has 0 aromatic carbocycles. The molecule has 0 spiro atoms. The number of allylic oxidation sites excluding steroid dienone is 2. The Hall–Kier alpha value is -6.17. The van der Waals surface area contributed by atoms with E-state index in [2.05, 4.69) is 21.3 Å². The standard InChI is InChI=1S/C65H117N11O13/c1-26-29-30-41(14)54(77)53-58(81)68-45(27-2)60(83)70(18)46(28-3)61(84)75(23)52(42(15)35-89-25)57(80)69-50(39(10)11)64(87)71(19)47(32-31-36(4)5)56(79)66-43(16)55(78)67-44(17)59(82)72(20)48(33-37(6)7)62(85)73(21)49(34-38(8)9)63(86)74(22)51(40(12)13)65(88)76(53)24/h26,29,36-54,77H,27-28,30-35H2,1-25H3,(H,66,79)(H,67,78)(H,68,81)(H,69,80)/b29-26+/t41-,42-,43+,44-,45+,46-,47+,48+,49+,50+,51+,52+,53+,54-/m1/s1. The minimum absolute atomic E-state index is 0.00329. The van der Waals surface area contributed by atoms with Gasteiger partial charge in [0.1, 0.15) is 66.5 Å². The molecule has 510 valence electrons. The first kappa shape index (κ1) is 80.8. The van der Waals surface area contributed by atoms with Gasteiger partial charge < -0.3 is 65.4 Å². The number of nitrogens with one attached hydrogen (secondary N) is 4. The second kappa shape index (κ2) is 37.2. The molecule has 11 amide bonds. The summed E-state index contributed by atoms with van der Waals surface area (Å²) in [6.45, 7) is 29.7. The number of carbonyl (C=O) groups is 11. The van der Waals surface area contributed by atoms with Gasteiger partial charge >= 0.3 is 0 Å². The van der Waals surface area contributed by atoms with Crippen molar-refractivity contribution in [2.45, 2.75) is 235 Å². The zero-order valence-electron chi connectivity index (χ0n) is 58.8. The highest BCUT2D eigenvalue weighted by Gasteiger charge is 2.46. The molecule has 24 heteroatoms. The molecule has 0 bridgehead atoms. The van der Waals surface area contributed by atoms with Gasteiger partial charge in [-0.3, -0.25) is 52.7 Å². The van der Waals surface area contributed by atoms with Crippen molar-refractivity contribution in [3.05, 3.63) is 12.2 Å². The van der Waals surface area contributed by atoms with Crippen molar-refractivity contribution in [1.82, 2.24) is 55.6 Å². The van der Waals surface area contributed by atoms with Gasteiger partial charge in [-0.2, -0.15) is 0 Å². The number of aliphatic hydroxyl groups is 1. The van der Waals surface area contributed by atoms with E-state index in [1.807, 2.05) is 47.6 Å². The molecule has 1 fully saturated rings. The number of hydrogen-bond acceptors (Lipinski definition) is 13. The summed E-state index contributed by atoms with van der Waals surface area (Å²) in [5.74, 6) is -10.2. The van der Waals surface area contributed by atoms with Crippen LogP contribution in [0, 0.1) is 41.4 Å². The Bertz CT molecular complexity index is 2420. The number of ether oxygens (including phenoxy) is 1. The number of aliphatic hydroxyl groups excluding tert-OH is 1. The first-order chi connectivity index (χ1) is 41.2. The molecule has 0 aromatic rings. The number of likely N-dealkylation sites (N-methyl/N-ethyl adjacent to an activating group) is 7. The van der Waals surface area contributed by atoms with Gasteiger partial charge in [0.2, 0.25) is 65.0 Å². The van der Waals surface area contributed by atoms with Gasteiger partial charge in [0.15, 0.2) is 0 Å². The molecule has 0 radical (unpaired) electrons. The molecule has 0 saturated carbocycles. The van der Waals surface area contributed by atoms with E-state index in [0.717, 1.165) is 4.90 Å². The van der Waals surface area contributed by atoms with Gasteiger partial charge in [-0.1, -0.05) is 109 Å². The predicted molar refractivity (Wildman–Crippen MR) is 344 cm³/mol. The number of hydrogen-bond donors (Lipinski definition) is 5. The van der Waals surface area contributed by atoms with E-state index in [0.29, 0.717) is 12.8 Å². The van der Waals surface area contributed by atoms with Crippen LogP contribution in [-0.2, 0) is 57.5 Å². The minimum Gasteiger partial charge on any atom is -0.390 e. The van der Waals surface area contributed by atoms with Crippen LogP contribution in [0.25, 0.3) is 0 Å². The van der Waals surface area contributed by atoms with E-state index in [9.17, 15) is 43.5 Å². The Morgan fingerprint density at radius 1 is 0.472 bits per heavy atom. The topological polar surface area (TPSA) is 288 Å². The average Bonchev–Trinajstić information content (AvgIpc) is 1.71. The normalized spacial score (nSPS) is 27.4. The summed E-state index contributed by atoms with van der Waals surface area (Å²) in [6, 6.07) is -13.8. The van der Waals surface area contributed by atoms with Crippen molar-refractivity contribution < 1.29 is 62.6 Å². The van der Waals surface area contributed by atoms with Crippen LogP contribution in [0.4, 0.5) is 0 Å². The second-order valence-electron chi connectivity index (χ2n) is 26.8. The number of methoxy groups -OCH3 is 1. The molecule has 5 N–H and O–H groups in total. The number of rotatable bonds is 18. The lowest BCUT2D eigenvalue weighted by Gasteiger charge is -2.41. The average molecular weight is 1260 g/mol. The van der Waals surface area contributed by atoms with E-state index < -0.39 is 161 Å². The zero-order valence-corrected chi connectivity index (χ0v) is 58.8. The monoisotopic (exact) mass is 1260 g/mol. The lowest BCUT2D eigenvalue weighted by molar-refractivity contribution is -0.157.